The first-order valence-corrected chi connectivity index (χ1v) is 4.19. The lowest BCUT2D eigenvalue weighted by Crippen LogP contribution is -2.29. The van der Waals surface area contributed by atoms with Crippen molar-refractivity contribution in [2.75, 3.05) is 0 Å². The van der Waals surface area contributed by atoms with Crippen LogP contribution < -0.4 is 0 Å². The molecule has 1 heterocycles. The normalized spacial score (nSPS) is 11.3. The number of hydrogen-bond donors (Lipinski definition) is 1. The third-order valence-electron chi connectivity index (χ3n) is 1.89. The molecule has 0 unspecified atom stereocenters. The van der Waals surface area contributed by atoms with E-state index in [4.69, 9.17) is 16.7 Å². The van der Waals surface area contributed by atoms with Crippen molar-refractivity contribution in [2.45, 2.75) is 19.3 Å². The number of hydrogen-bond acceptors (Lipinski definition) is 2. The second kappa shape index (κ2) is 3.34. The van der Waals surface area contributed by atoms with Crippen LogP contribution >= 0.6 is 11.6 Å². The lowest BCUT2D eigenvalue weighted by Gasteiger charge is -2.17. The van der Waals surface area contributed by atoms with E-state index in [1.54, 1.807) is 32.0 Å². The molecule has 0 spiro atoms. The van der Waals surface area contributed by atoms with Gasteiger partial charge >= 0.3 is 5.97 Å². The lowest BCUT2D eigenvalue weighted by molar-refractivity contribution is -0.142. The van der Waals surface area contributed by atoms with Crippen molar-refractivity contribution in [2.24, 2.45) is 0 Å². The molecular weight excluding hydrogens is 190 g/mol. The van der Waals surface area contributed by atoms with E-state index in [0.717, 1.165) is 0 Å². The minimum absolute atomic E-state index is 0.312. The van der Waals surface area contributed by atoms with Crippen LogP contribution in [0.3, 0.4) is 0 Å². The maximum atomic E-state index is 10.8. The van der Waals surface area contributed by atoms with Gasteiger partial charge in [-0.1, -0.05) is 17.7 Å². The van der Waals surface area contributed by atoms with Gasteiger partial charge < -0.3 is 5.11 Å². The van der Waals surface area contributed by atoms with Crippen molar-refractivity contribution in [3.8, 4) is 0 Å². The number of halogens is 1. The van der Waals surface area contributed by atoms with Crippen LogP contribution in [0.1, 0.15) is 19.5 Å². The summed E-state index contributed by atoms with van der Waals surface area (Å²) in [5, 5.41) is 9.21. The first-order chi connectivity index (χ1) is 5.94. The Kier molecular flexibility index (Phi) is 2.57. The Morgan fingerprint density at radius 3 is 2.62 bits per heavy atom. The predicted octanol–water partition coefficient (Wildman–Crippen LogP) is 2.10. The third kappa shape index (κ3) is 1.98. The maximum Gasteiger partial charge on any atom is 0.315 e. The van der Waals surface area contributed by atoms with Gasteiger partial charge in [0.2, 0.25) is 0 Å². The van der Waals surface area contributed by atoms with Crippen molar-refractivity contribution in [1.82, 2.24) is 4.98 Å². The first kappa shape index (κ1) is 9.99. The smallest absolute Gasteiger partial charge is 0.315 e. The minimum atomic E-state index is -0.995. The van der Waals surface area contributed by atoms with Gasteiger partial charge in [0.15, 0.2) is 0 Å². The Labute approximate surface area is 81.4 Å². The van der Waals surface area contributed by atoms with Gasteiger partial charge in [-0.2, -0.15) is 0 Å². The van der Waals surface area contributed by atoms with E-state index in [0.29, 0.717) is 10.8 Å². The standard InChI is InChI=1S/C9H10ClNO2/c1-9(2,8(12)13)6-4-3-5-7(10)11-6/h3-5H,1-2H3,(H,12,13). The van der Waals surface area contributed by atoms with E-state index in [1.807, 2.05) is 0 Å². The number of pyridine rings is 1. The summed E-state index contributed by atoms with van der Waals surface area (Å²) in [6.45, 7) is 3.18. The van der Waals surface area contributed by atoms with Crippen LogP contribution in [0.2, 0.25) is 5.15 Å². The van der Waals surface area contributed by atoms with Crippen LogP contribution in [0.5, 0.6) is 0 Å². The molecule has 0 aliphatic rings. The zero-order chi connectivity index (χ0) is 10.1. The Hall–Kier alpha value is -1.09. The number of carbonyl (C=O) groups is 1. The number of carboxylic acid groups (broad SMARTS) is 1. The second-order valence-corrected chi connectivity index (χ2v) is 3.66. The third-order valence-corrected chi connectivity index (χ3v) is 2.10. The molecule has 0 saturated carbocycles. The average Bonchev–Trinajstić information content (AvgIpc) is 2.04. The summed E-state index contributed by atoms with van der Waals surface area (Å²) in [5.74, 6) is -0.915. The highest BCUT2D eigenvalue weighted by molar-refractivity contribution is 6.29. The van der Waals surface area contributed by atoms with E-state index in [2.05, 4.69) is 4.98 Å². The fraction of sp³-hybridized carbons (Fsp3) is 0.333. The molecule has 3 nitrogen and oxygen atoms in total. The van der Waals surface area contributed by atoms with Crippen LogP contribution in [-0.2, 0) is 10.2 Å². The van der Waals surface area contributed by atoms with Crippen molar-refractivity contribution in [1.29, 1.82) is 0 Å². The number of nitrogens with zero attached hydrogens (tertiary/aromatic N) is 1. The number of aromatic nitrogens is 1. The molecule has 0 fully saturated rings. The largest absolute Gasteiger partial charge is 0.481 e. The Morgan fingerprint density at radius 2 is 2.15 bits per heavy atom. The van der Waals surface area contributed by atoms with Gasteiger partial charge in [-0.25, -0.2) is 4.98 Å². The fourth-order valence-electron chi connectivity index (χ4n) is 0.866. The molecular formula is C9H10ClNO2. The predicted molar refractivity (Wildman–Crippen MR) is 49.9 cm³/mol. The number of carboxylic acids is 1. The van der Waals surface area contributed by atoms with Gasteiger partial charge in [0, 0.05) is 0 Å². The number of aliphatic carboxylic acids is 1. The molecule has 0 atom stereocenters. The average molecular weight is 200 g/mol. The molecule has 4 heteroatoms. The minimum Gasteiger partial charge on any atom is -0.481 e. The topological polar surface area (TPSA) is 50.2 Å². The van der Waals surface area contributed by atoms with Crippen molar-refractivity contribution in [3.63, 3.8) is 0 Å². The monoisotopic (exact) mass is 199 g/mol. The van der Waals surface area contributed by atoms with Crippen LogP contribution in [0.15, 0.2) is 18.2 Å². The molecule has 0 aliphatic carbocycles. The van der Waals surface area contributed by atoms with Crippen LogP contribution in [-0.4, -0.2) is 16.1 Å². The molecule has 0 radical (unpaired) electrons. The molecule has 1 aromatic heterocycles. The van der Waals surface area contributed by atoms with Crippen LogP contribution in [0.4, 0.5) is 0 Å². The number of rotatable bonds is 2. The molecule has 0 aromatic carbocycles. The fourth-order valence-corrected chi connectivity index (χ4v) is 1.03. The Bertz CT molecular complexity index is 336. The van der Waals surface area contributed by atoms with E-state index >= 15 is 0 Å². The Balaban J connectivity index is 3.14. The quantitative estimate of drug-likeness (QED) is 0.743. The second-order valence-electron chi connectivity index (χ2n) is 3.28. The summed E-state index contributed by atoms with van der Waals surface area (Å²) in [7, 11) is 0. The molecule has 70 valence electrons. The van der Waals surface area contributed by atoms with Gasteiger partial charge in [0.1, 0.15) is 10.6 Å². The van der Waals surface area contributed by atoms with Gasteiger partial charge in [0.25, 0.3) is 0 Å². The molecule has 0 aliphatic heterocycles. The summed E-state index contributed by atoms with van der Waals surface area (Å²) in [5.41, 5.74) is -0.530. The Morgan fingerprint density at radius 1 is 1.54 bits per heavy atom. The molecule has 1 aromatic rings. The summed E-state index contributed by atoms with van der Waals surface area (Å²) in [6.07, 6.45) is 0. The zero-order valence-electron chi connectivity index (χ0n) is 7.41. The highest BCUT2D eigenvalue weighted by Gasteiger charge is 2.30. The first-order valence-electron chi connectivity index (χ1n) is 3.81. The highest BCUT2D eigenvalue weighted by Crippen LogP contribution is 2.22. The van der Waals surface area contributed by atoms with E-state index in [9.17, 15) is 4.79 Å². The molecule has 0 bridgehead atoms. The molecule has 1 N–H and O–H groups in total. The SMILES string of the molecule is CC(C)(C(=O)O)c1cccc(Cl)n1. The highest BCUT2D eigenvalue weighted by atomic mass is 35.5. The van der Waals surface area contributed by atoms with Crippen molar-refractivity contribution < 1.29 is 9.90 Å². The van der Waals surface area contributed by atoms with Gasteiger partial charge in [-0.3, -0.25) is 4.79 Å². The summed E-state index contributed by atoms with van der Waals surface area (Å²) in [6, 6.07) is 4.96. The van der Waals surface area contributed by atoms with Crippen LogP contribution in [0, 0.1) is 0 Å². The summed E-state index contributed by atoms with van der Waals surface area (Å²) < 4.78 is 0. The van der Waals surface area contributed by atoms with Gasteiger partial charge in [0.05, 0.1) is 5.69 Å². The summed E-state index contributed by atoms with van der Waals surface area (Å²) >= 11 is 5.65. The molecule has 1 rings (SSSR count). The van der Waals surface area contributed by atoms with E-state index in [-0.39, 0.29) is 0 Å². The van der Waals surface area contributed by atoms with Crippen molar-refractivity contribution >= 4 is 17.6 Å². The van der Waals surface area contributed by atoms with Crippen molar-refractivity contribution in [3.05, 3.63) is 29.0 Å². The zero-order valence-corrected chi connectivity index (χ0v) is 8.17. The van der Waals surface area contributed by atoms with Crippen LogP contribution in [0.25, 0.3) is 0 Å². The summed E-state index contributed by atoms with van der Waals surface area (Å²) in [4.78, 5) is 14.8. The maximum absolute atomic E-state index is 10.8. The molecule has 0 saturated heterocycles. The van der Waals surface area contributed by atoms with E-state index < -0.39 is 11.4 Å². The molecule has 13 heavy (non-hydrogen) atoms. The molecule has 0 amide bonds. The lowest BCUT2D eigenvalue weighted by atomic mass is 9.89. The van der Waals surface area contributed by atoms with E-state index in [1.165, 1.54) is 0 Å². The van der Waals surface area contributed by atoms with Gasteiger partial charge in [-0.05, 0) is 26.0 Å². The van der Waals surface area contributed by atoms with Gasteiger partial charge in [-0.15, -0.1) is 0 Å².